The van der Waals surface area contributed by atoms with Crippen molar-refractivity contribution < 1.29 is 18.7 Å². The molecule has 33 heavy (non-hydrogen) atoms. The first-order valence-electron chi connectivity index (χ1n) is 11.4. The number of rotatable bonds is 9. The van der Waals surface area contributed by atoms with Crippen LogP contribution >= 0.6 is 0 Å². The van der Waals surface area contributed by atoms with E-state index >= 15 is 0 Å². The van der Waals surface area contributed by atoms with Gasteiger partial charge in [-0.2, -0.15) is 0 Å². The summed E-state index contributed by atoms with van der Waals surface area (Å²) in [4.78, 5) is 0. The lowest BCUT2D eigenvalue weighted by molar-refractivity contribution is 0.102. The first-order chi connectivity index (χ1) is 15.5. The second-order valence-corrected chi connectivity index (χ2v) is 14.8. The van der Waals surface area contributed by atoms with Crippen molar-refractivity contribution in [1.29, 1.82) is 0 Å². The van der Waals surface area contributed by atoms with Gasteiger partial charge in [-0.25, -0.2) is 0 Å². The number of benzene rings is 2. The second kappa shape index (κ2) is 10.1. The Morgan fingerprint density at radius 2 is 1.55 bits per heavy atom. The Morgan fingerprint density at radius 1 is 0.939 bits per heavy atom. The Hall–Kier alpha value is -2.70. The largest absolute Gasteiger partial charge is 0.544 e. The Bertz CT molecular complexity index is 992. The fraction of sp³-hybridized carbons (Fsp3) is 0.407. The van der Waals surface area contributed by atoms with Gasteiger partial charge in [-0.05, 0) is 72.2 Å². The van der Waals surface area contributed by atoms with Gasteiger partial charge < -0.3 is 24.0 Å². The molecule has 0 radical (unpaired) electrons. The average Bonchev–Trinajstić information content (AvgIpc) is 3.31. The van der Waals surface area contributed by atoms with Crippen molar-refractivity contribution in [3.05, 3.63) is 78.3 Å². The smallest absolute Gasteiger partial charge is 0.250 e. The van der Waals surface area contributed by atoms with Crippen molar-refractivity contribution in [3.63, 3.8) is 0 Å². The van der Waals surface area contributed by atoms with Crippen LogP contribution in [0.3, 0.4) is 0 Å². The van der Waals surface area contributed by atoms with Crippen molar-refractivity contribution in [1.82, 2.24) is 0 Å². The molecule has 0 saturated heterocycles. The van der Waals surface area contributed by atoms with Crippen LogP contribution in [0.5, 0.6) is 11.5 Å². The minimum atomic E-state index is -1.89. The lowest BCUT2D eigenvalue weighted by Gasteiger charge is -2.36. The Balaban J connectivity index is 1.78. The van der Waals surface area contributed by atoms with Crippen molar-refractivity contribution in [2.45, 2.75) is 58.0 Å². The molecular formula is C27H37NO4Si. The van der Waals surface area contributed by atoms with Crippen LogP contribution in [0.15, 0.2) is 71.3 Å². The topological polar surface area (TPSA) is 63.9 Å². The predicted molar refractivity (Wildman–Crippen MR) is 136 cm³/mol. The molecule has 1 heterocycles. The minimum absolute atomic E-state index is 0.140. The number of ether oxygens (including phenoxy) is 1. The number of methoxy groups -OCH3 is 1. The molecule has 0 unspecified atom stereocenters. The molecule has 3 rings (SSSR count). The molecule has 0 saturated carbocycles. The van der Waals surface area contributed by atoms with E-state index < -0.39 is 14.4 Å². The molecule has 0 aliphatic heterocycles. The summed E-state index contributed by atoms with van der Waals surface area (Å²) < 4.78 is 17.4. The van der Waals surface area contributed by atoms with Crippen LogP contribution in [-0.4, -0.2) is 20.5 Å². The highest BCUT2D eigenvalue weighted by Gasteiger charge is 2.39. The zero-order valence-corrected chi connectivity index (χ0v) is 21.8. The number of aliphatic hydroxyl groups excluding tert-OH is 1. The van der Waals surface area contributed by atoms with Gasteiger partial charge in [-0.15, -0.1) is 0 Å². The molecule has 2 N–H and O–H groups in total. The number of hydrogen-bond donors (Lipinski definition) is 2. The third kappa shape index (κ3) is 6.00. The molecule has 0 aliphatic carbocycles. The van der Waals surface area contributed by atoms with Crippen molar-refractivity contribution in [2.75, 3.05) is 12.4 Å². The first-order valence-corrected chi connectivity index (χ1v) is 14.3. The lowest BCUT2D eigenvalue weighted by atomic mass is 9.89. The summed E-state index contributed by atoms with van der Waals surface area (Å²) in [6, 6.07) is 19.2. The molecule has 0 spiro atoms. The third-order valence-corrected chi connectivity index (χ3v) is 11.0. The molecular weight excluding hydrogens is 430 g/mol. The van der Waals surface area contributed by atoms with Crippen LogP contribution < -0.4 is 14.5 Å². The normalized spacial score (nSPS) is 14.9. The third-order valence-electron chi connectivity index (χ3n) is 6.69. The number of aliphatic hydroxyl groups is 1. The maximum absolute atomic E-state index is 11.1. The van der Waals surface area contributed by atoms with E-state index in [2.05, 4.69) is 39.2 Å². The number of nitrogens with one attached hydrogen (secondary N) is 1. The number of furan rings is 1. The highest BCUT2D eigenvalue weighted by Crippen LogP contribution is 2.39. The fourth-order valence-corrected chi connectivity index (χ4v) is 4.49. The number of hydrogen-bond acceptors (Lipinski definition) is 5. The Labute approximate surface area is 198 Å². The first kappa shape index (κ1) is 24.9. The molecule has 1 aromatic heterocycles. The number of anilines is 1. The van der Waals surface area contributed by atoms with E-state index in [0.717, 1.165) is 28.5 Å². The van der Waals surface area contributed by atoms with Gasteiger partial charge in [0.05, 0.1) is 25.5 Å². The Morgan fingerprint density at radius 3 is 2.06 bits per heavy atom. The van der Waals surface area contributed by atoms with Crippen LogP contribution in [0.25, 0.3) is 0 Å². The van der Waals surface area contributed by atoms with Gasteiger partial charge in [0.15, 0.2) is 0 Å². The van der Waals surface area contributed by atoms with Gasteiger partial charge in [-0.3, -0.25) is 0 Å². The average molecular weight is 468 g/mol. The molecule has 3 atom stereocenters. The van der Waals surface area contributed by atoms with E-state index in [-0.39, 0.29) is 17.0 Å². The summed E-state index contributed by atoms with van der Waals surface area (Å²) in [6.07, 6.45) is 0.979. The molecule has 0 fully saturated rings. The lowest BCUT2D eigenvalue weighted by Crippen LogP contribution is -2.43. The van der Waals surface area contributed by atoms with Gasteiger partial charge in [0.1, 0.15) is 17.3 Å². The van der Waals surface area contributed by atoms with E-state index in [1.807, 2.05) is 67.6 Å². The highest BCUT2D eigenvalue weighted by atomic mass is 28.4. The van der Waals surface area contributed by atoms with Crippen LogP contribution in [0, 0.1) is 5.92 Å². The quantitative estimate of drug-likeness (QED) is 0.326. The zero-order chi connectivity index (χ0) is 24.2. The molecule has 3 aromatic rings. The van der Waals surface area contributed by atoms with Crippen molar-refractivity contribution in [3.8, 4) is 11.5 Å². The van der Waals surface area contributed by atoms with Crippen LogP contribution in [0.4, 0.5) is 5.69 Å². The summed E-state index contributed by atoms with van der Waals surface area (Å²) in [5, 5.41) is 14.8. The van der Waals surface area contributed by atoms with Crippen molar-refractivity contribution >= 4 is 14.0 Å². The molecule has 6 heteroatoms. The van der Waals surface area contributed by atoms with Crippen LogP contribution in [-0.2, 0) is 0 Å². The van der Waals surface area contributed by atoms with E-state index in [4.69, 9.17) is 13.6 Å². The zero-order valence-electron chi connectivity index (χ0n) is 20.8. The monoisotopic (exact) mass is 467 g/mol. The van der Waals surface area contributed by atoms with E-state index in [9.17, 15) is 5.11 Å². The molecule has 5 nitrogen and oxygen atoms in total. The van der Waals surface area contributed by atoms with Crippen molar-refractivity contribution in [2.24, 2.45) is 5.92 Å². The summed E-state index contributed by atoms with van der Waals surface area (Å²) in [7, 11) is -0.261. The summed E-state index contributed by atoms with van der Waals surface area (Å²) in [5.41, 5.74) is 1.77. The van der Waals surface area contributed by atoms with Crippen LogP contribution in [0.2, 0.25) is 18.1 Å². The minimum Gasteiger partial charge on any atom is -0.544 e. The van der Waals surface area contributed by atoms with Crippen LogP contribution in [0.1, 0.15) is 51.2 Å². The van der Waals surface area contributed by atoms with Gasteiger partial charge in [0.2, 0.25) is 8.32 Å². The molecule has 0 bridgehead atoms. The predicted octanol–water partition coefficient (Wildman–Crippen LogP) is 7.20. The molecule has 0 amide bonds. The standard InChI is InChI=1S/C27H37NO4Si/c1-19(26(29)20-10-14-22(30-5)15-11-20)25(24-9-8-18-31-24)28-21-12-16-23(17-13-21)32-33(6,7)27(2,3)4/h8-19,25-26,28-29H,1-7H3/t19-,25-,26-/m0/s1. The second-order valence-electron chi connectivity index (χ2n) is 10.1. The van der Waals surface area contributed by atoms with Gasteiger partial charge in [-0.1, -0.05) is 39.8 Å². The fourth-order valence-electron chi connectivity index (χ4n) is 3.46. The SMILES string of the molecule is COc1ccc([C@@H](O)[C@@H](C)[C@H](Nc2ccc(O[Si](C)(C)C(C)(C)C)cc2)c2ccco2)cc1. The van der Waals surface area contributed by atoms with E-state index in [0.29, 0.717) is 0 Å². The Kier molecular flexibility index (Phi) is 7.60. The van der Waals surface area contributed by atoms with E-state index in [1.54, 1.807) is 13.4 Å². The van der Waals surface area contributed by atoms with Gasteiger partial charge >= 0.3 is 0 Å². The van der Waals surface area contributed by atoms with Gasteiger partial charge in [0.25, 0.3) is 0 Å². The summed E-state index contributed by atoms with van der Waals surface area (Å²) >= 11 is 0. The van der Waals surface area contributed by atoms with E-state index in [1.165, 1.54) is 0 Å². The summed E-state index contributed by atoms with van der Waals surface area (Å²) in [6.45, 7) is 13.2. The van der Waals surface area contributed by atoms with Gasteiger partial charge in [0, 0.05) is 11.6 Å². The maximum atomic E-state index is 11.1. The summed E-state index contributed by atoms with van der Waals surface area (Å²) in [5.74, 6) is 2.26. The molecule has 0 aliphatic rings. The molecule has 178 valence electrons. The highest BCUT2D eigenvalue weighted by molar-refractivity contribution is 6.74. The molecule has 2 aromatic carbocycles. The maximum Gasteiger partial charge on any atom is 0.250 e.